The van der Waals surface area contributed by atoms with Crippen LogP contribution in [-0.4, -0.2) is 21.0 Å². The van der Waals surface area contributed by atoms with Crippen LogP contribution in [0.1, 0.15) is 24.1 Å². The minimum absolute atomic E-state index is 0.280. The summed E-state index contributed by atoms with van der Waals surface area (Å²) in [5.41, 5.74) is 1.38. The molecule has 1 saturated carbocycles. The molecule has 6 heteroatoms. The van der Waals surface area contributed by atoms with E-state index in [9.17, 15) is 4.39 Å². The van der Waals surface area contributed by atoms with E-state index in [0.29, 0.717) is 29.7 Å². The molecule has 100 valence electrons. The second-order valence-corrected chi connectivity index (χ2v) is 5.23. The second-order valence-electron chi connectivity index (χ2n) is 4.80. The molecule has 1 aromatic heterocycles. The van der Waals surface area contributed by atoms with Crippen LogP contribution in [-0.2, 0) is 13.1 Å². The molecule has 0 saturated heterocycles. The van der Waals surface area contributed by atoms with Crippen molar-refractivity contribution in [1.29, 1.82) is 0 Å². The van der Waals surface area contributed by atoms with E-state index >= 15 is 0 Å². The van der Waals surface area contributed by atoms with Crippen molar-refractivity contribution in [3.05, 3.63) is 46.5 Å². The number of nitrogens with zero attached hydrogens (tertiary/aromatic N) is 3. The highest BCUT2D eigenvalue weighted by atomic mass is 35.5. The molecular formula is C13H14ClFN4. The van der Waals surface area contributed by atoms with Crippen LogP contribution in [0.5, 0.6) is 0 Å². The Balaban J connectivity index is 1.66. The highest BCUT2D eigenvalue weighted by molar-refractivity contribution is 6.30. The molecule has 3 rings (SSSR count). The highest BCUT2D eigenvalue weighted by Gasteiger charge is 2.20. The van der Waals surface area contributed by atoms with Crippen molar-refractivity contribution in [2.75, 3.05) is 0 Å². The molecule has 0 bridgehead atoms. The van der Waals surface area contributed by atoms with E-state index < -0.39 is 0 Å². The Hall–Kier alpha value is -1.46. The maximum absolute atomic E-state index is 13.6. The lowest BCUT2D eigenvalue weighted by molar-refractivity contribution is 0.577. The van der Waals surface area contributed by atoms with Gasteiger partial charge in [-0.05, 0) is 31.0 Å². The van der Waals surface area contributed by atoms with Gasteiger partial charge in [0.25, 0.3) is 0 Å². The first kappa shape index (κ1) is 12.6. The predicted octanol–water partition coefficient (Wildman–Crippen LogP) is 2.37. The second kappa shape index (κ2) is 5.27. The largest absolute Gasteiger partial charge is 0.308 e. The van der Waals surface area contributed by atoms with Gasteiger partial charge in [-0.25, -0.2) is 9.07 Å². The summed E-state index contributed by atoms with van der Waals surface area (Å²) in [7, 11) is 0. The molecule has 1 aliphatic carbocycles. The van der Waals surface area contributed by atoms with Crippen LogP contribution in [0.2, 0.25) is 5.02 Å². The summed E-state index contributed by atoms with van der Waals surface area (Å²) in [5.74, 6) is -0.280. The third-order valence-corrected chi connectivity index (χ3v) is 3.31. The maximum Gasteiger partial charge on any atom is 0.128 e. The Morgan fingerprint density at radius 2 is 2.26 bits per heavy atom. The quantitative estimate of drug-likeness (QED) is 0.914. The molecule has 1 fully saturated rings. The van der Waals surface area contributed by atoms with Gasteiger partial charge in [0.15, 0.2) is 0 Å². The SMILES string of the molecule is Fc1ccc(Cl)cc1Cn1cc(CNC2CC2)nn1. The molecule has 0 amide bonds. The van der Waals surface area contributed by atoms with E-state index in [4.69, 9.17) is 11.6 Å². The summed E-state index contributed by atoms with van der Waals surface area (Å²) in [6, 6.07) is 5.15. The zero-order valence-electron chi connectivity index (χ0n) is 10.3. The van der Waals surface area contributed by atoms with Crippen molar-refractivity contribution in [1.82, 2.24) is 20.3 Å². The minimum atomic E-state index is -0.280. The Bertz CT molecular complexity index is 580. The minimum Gasteiger partial charge on any atom is -0.308 e. The summed E-state index contributed by atoms with van der Waals surface area (Å²) >= 11 is 5.86. The molecule has 1 heterocycles. The standard InChI is InChI=1S/C13H14ClFN4/c14-10-1-4-13(15)9(5-10)7-19-8-12(17-18-19)6-16-11-2-3-11/h1,4-5,8,11,16H,2-3,6-7H2. The molecule has 1 aromatic carbocycles. The van der Waals surface area contributed by atoms with E-state index in [0.717, 1.165) is 5.69 Å². The number of hydrogen-bond donors (Lipinski definition) is 1. The van der Waals surface area contributed by atoms with Gasteiger partial charge in [0.2, 0.25) is 0 Å². The molecule has 1 N–H and O–H groups in total. The normalized spacial score (nSPS) is 14.8. The van der Waals surface area contributed by atoms with Crippen LogP contribution in [0.15, 0.2) is 24.4 Å². The number of aromatic nitrogens is 3. The van der Waals surface area contributed by atoms with Gasteiger partial charge < -0.3 is 5.32 Å². The highest BCUT2D eigenvalue weighted by Crippen LogP contribution is 2.19. The Kier molecular flexibility index (Phi) is 3.48. The van der Waals surface area contributed by atoms with Gasteiger partial charge in [0.05, 0.1) is 18.4 Å². The molecule has 0 radical (unpaired) electrons. The van der Waals surface area contributed by atoms with Crippen molar-refractivity contribution in [3.8, 4) is 0 Å². The fourth-order valence-electron chi connectivity index (χ4n) is 1.87. The molecule has 2 aromatic rings. The zero-order valence-corrected chi connectivity index (χ0v) is 11.1. The first-order chi connectivity index (χ1) is 9.20. The summed E-state index contributed by atoms with van der Waals surface area (Å²) in [4.78, 5) is 0. The van der Waals surface area contributed by atoms with Crippen LogP contribution in [0.25, 0.3) is 0 Å². The monoisotopic (exact) mass is 280 g/mol. The molecule has 0 unspecified atom stereocenters. The van der Waals surface area contributed by atoms with Crippen LogP contribution in [0.3, 0.4) is 0 Å². The third kappa shape index (κ3) is 3.30. The van der Waals surface area contributed by atoms with Crippen LogP contribution < -0.4 is 5.32 Å². The predicted molar refractivity (Wildman–Crippen MR) is 70.4 cm³/mol. The van der Waals surface area contributed by atoms with Gasteiger partial charge in [-0.2, -0.15) is 0 Å². The molecule has 0 spiro atoms. The number of hydrogen-bond acceptors (Lipinski definition) is 3. The number of nitrogens with one attached hydrogen (secondary N) is 1. The number of halogens is 2. The van der Waals surface area contributed by atoms with Crippen LogP contribution in [0.4, 0.5) is 4.39 Å². The van der Waals surface area contributed by atoms with Gasteiger partial charge >= 0.3 is 0 Å². The van der Waals surface area contributed by atoms with Crippen molar-refractivity contribution in [2.24, 2.45) is 0 Å². The van der Waals surface area contributed by atoms with Gasteiger partial charge in [-0.15, -0.1) is 5.10 Å². The molecule has 19 heavy (non-hydrogen) atoms. The van der Waals surface area contributed by atoms with Gasteiger partial charge in [0.1, 0.15) is 5.82 Å². The average molecular weight is 281 g/mol. The Morgan fingerprint density at radius 1 is 1.42 bits per heavy atom. The first-order valence-electron chi connectivity index (χ1n) is 6.27. The fraction of sp³-hybridized carbons (Fsp3) is 0.385. The van der Waals surface area contributed by atoms with E-state index in [1.165, 1.54) is 25.0 Å². The van der Waals surface area contributed by atoms with E-state index in [-0.39, 0.29) is 5.82 Å². The van der Waals surface area contributed by atoms with Gasteiger partial charge in [0, 0.05) is 23.2 Å². The Morgan fingerprint density at radius 3 is 3.05 bits per heavy atom. The van der Waals surface area contributed by atoms with Crippen molar-refractivity contribution in [3.63, 3.8) is 0 Å². The smallest absolute Gasteiger partial charge is 0.128 e. The molecule has 0 atom stereocenters. The van der Waals surface area contributed by atoms with E-state index in [1.54, 1.807) is 10.7 Å². The summed E-state index contributed by atoms with van der Waals surface area (Å²) < 4.78 is 15.2. The van der Waals surface area contributed by atoms with E-state index in [1.807, 2.05) is 6.20 Å². The van der Waals surface area contributed by atoms with Crippen molar-refractivity contribution >= 4 is 11.6 Å². The average Bonchev–Trinajstić information content (AvgIpc) is 3.12. The maximum atomic E-state index is 13.6. The molecular weight excluding hydrogens is 267 g/mol. The van der Waals surface area contributed by atoms with Crippen LogP contribution >= 0.6 is 11.6 Å². The topological polar surface area (TPSA) is 42.7 Å². The van der Waals surface area contributed by atoms with Crippen molar-refractivity contribution in [2.45, 2.75) is 32.0 Å². The molecule has 1 aliphatic rings. The molecule has 4 nitrogen and oxygen atoms in total. The van der Waals surface area contributed by atoms with Crippen LogP contribution in [0, 0.1) is 5.82 Å². The summed E-state index contributed by atoms with van der Waals surface area (Å²) in [6.07, 6.45) is 4.31. The lowest BCUT2D eigenvalue weighted by Crippen LogP contribution is -2.15. The summed E-state index contributed by atoms with van der Waals surface area (Å²) in [6.45, 7) is 1.05. The van der Waals surface area contributed by atoms with E-state index in [2.05, 4.69) is 15.6 Å². The Labute approximate surface area is 115 Å². The first-order valence-corrected chi connectivity index (χ1v) is 6.65. The van der Waals surface area contributed by atoms with Crippen molar-refractivity contribution < 1.29 is 4.39 Å². The van der Waals surface area contributed by atoms with Gasteiger partial charge in [-0.3, -0.25) is 0 Å². The van der Waals surface area contributed by atoms with Gasteiger partial charge in [-0.1, -0.05) is 16.8 Å². The fourth-order valence-corrected chi connectivity index (χ4v) is 2.07. The number of rotatable bonds is 5. The third-order valence-electron chi connectivity index (χ3n) is 3.08. The number of benzene rings is 1. The summed E-state index contributed by atoms with van der Waals surface area (Å²) in [5, 5.41) is 11.9. The lowest BCUT2D eigenvalue weighted by Gasteiger charge is -2.03. The zero-order chi connectivity index (χ0) is 13.2. The lowest BCUT2D eigenvalue weighted by atomic mass is 10.2. The molecule has 0 aliphatic heterocycles.